The lowest BCUT2D eigenvalue weighted by molar-refractivity contribution is -0.274. The Morgan fingerprint density at radius 2 is 1.76 bits per heavy atom. The summed E-state index contributed by atoms with van der Waals surface area (Å²) in [4.78, 5) is 14.4. The molecule has 0 bridgehead atoms. The molecule has 0 radical (unpaired) electrons. The number of anilines is 2. The third-order valence-electron chi connectivity index (χ3n) is 7.14. The lowest BCUT2D eigenvalue weighted by atomic mass is 9.96. The number of alkyl halides is 3. The minimum atomic E-state index is -4.80. The van der Waals surface area contributed by atoms with Gasteiger partial charge >= 0.3 is 6.36 Å². The van der Waals surface area contributed by atoms with Gasteiger partial charge in [-0.05, 0) is 61.4 Å². The Morgan fingerprint density at radius 3 is 2.56 bits per heavy atom. The molecule has 2 aromatic carbocycles. The summed E-state index contributed by atoms with van der Waals surface area (Å²) >= 11 is 0. The molecular formula is C31H28F3N5O2. The van der Waals surface area contributed by atoms with Gasteiger partial charge in [0.15, 0.2) is 0 Å². The van der Waals surface area contributed by atoms with E-state index in [0.717, 1.165) is 42.2 Å². The molecule has 2 heterocycles. The molecule has 2 aliphatic carbocycles. The van der Waals surface area contributed by atoms with Crippen LogP contribution in [0.2, 0.25) is 0 Å². The molecule has 10 heteroatoms. The highest BCUT2D eigenvalue weighted by molar-refractivity contribution is 5.84. The van der Waals surface area contributed by atoms with Gasteiger partial charge < -0.3 is 19.4 Å². The number of aromatic nitrogens is 3. The molecule has 1 saturated carbocycles. The van der Waals surface area contributed by atoms with Crippen LogP contribution in [0.1, 0.15) is 32.1 Å². The largest absolute Gasteiger partial charge is 0.573 e. The van der Waals surface area contributed by atoms with Crippen molar-refractivity contribution in [1.29, 1.82) is 0 Å². The van der Waals surface area contributed by atoms with Gasteiger partial charge in [0.05, 0.1) is 46.6 Å². The van der Waals surface area contributed by atoms with Crippen LogP contribution in [0.4, 0.5) is 24.5 Å². The van der Waals surface area contributed by atoms with Gasteiger partial charge in [-0.15, -0.1) is 13.2 Å². The molecule has 0 saturated heterocycles. The number of fused-ring (bicyclic) bond motifs is 2. The number of hydrogen-bond donors (Lipinski definition) is 1. The maximum Gasteiger partial charge on any atom is 0.573 e. The summed E-state index contributed by atoms with van der Waals surface area (Å²) in [6.45, 7) is 0. The van der Waals surface area contributed by atoms with Crippen LogP contribution in [0.15, 0.2) is 84.0 Å². The molecule has 0 spiro atoms. The molecule has 3 aliphatic rings. The third kappa shape index (κ3) is 5.82. The number of hydrogen-bond acceptors (Lipinski definition) is 6. The number of para-hydroxylation sites is 2. The lowest BCUT2D eigenvalue weighted by Crippen LogP contribution is -2.20. The van der Waals surface area contributed by atoms with Gasteiger partial charge in [-0.3, -0.25) is 4.99 Å². The first kappa shape index (κ1) is 26.6. The van der Waals surface area contributed by atoms with Crippen LogP contribution in [0.3, 0.4) is 0 Å². The monoisotopic (exact) mass is 559 g/mol. The number of nitrogens with zero attached hydrogens (tertiary/aromatic N) is 4. The Morgan fingerprint density at radius 1 is 0.927 bits per heavy atom. The second kappa shape index (κ2) is 11.1. The summed E-state index contributed by atoms with van der Waals surface area (Å²) in [5.74, 6) is 0.143. The number of ether oxygens (including phenoxy) is 2. The minimum Gasteiger partial charge on any atom is -0.480 e. The van der Waals surface area contributed by atoms with Gasteiger partial charge in [0, 0.05) is 18.0 Å². The summed E-state index contributed by atoms with van der Waals surface area (Å²) in [5, 5.41) is 4.17. The van der Waals surface area contributed by atoms with Crippen molar-refractivity contribution >= 4 is 22.4 Å². The second-order valence-corrected chi connectivity index (χ2v) is 9.95. The fourth-order valence-corrected chi connectivity index (χ4v) is 5.35. The van der Waals surface area contributed by atoms with E-state index in [1.54, 1.807) is 25.4 Å². The SMILES string of the molecule is COc1ncccc1Nc1cc2nc3ccccc3n(-c3cccc(OC(F)(F)F)c3)c-2cc1=NC1CCCCC1. The zero-order valence-corrected chi connectivity index (χ0v) is 22.4. The van der Waals surface area contributed by atoms with E-state index in [1.165, 1.54) is 18.6 Å². The smallest absolute Gasteiger partial charge is 0.480 e. The van der Waals surface area contributed by atoms with Gasteiger partial charge in [0.2, 0.25) is 5.88 Å². The maximum absolute atomic E-state index is 13.1. The Hall–Kier alpha value is -4.60. The van der Waals surface area contributed by atoms with Crippen LogP contribution in [0.5, 0.6) is 11.6 Å². The molecule has 0 unspecified atom stereocenters. The second-order valence-electron chi connectivity index (χ2n) is 9.95. The first-order chi connectivity index (χ1) is 19.9. The van der Waals surface area contributed by atoms with Crippen molar-refractivity contribution in [1.82, 2.24) is 14.5 Å². The molecule has 0 atom stereocenters. The fraction of sp³-hybridized carbons (Fsp3) is 0.258. The van der Waals surface area contributed by atoms with Crippen LogP contribution in [0, 0.1) is 0 Å². The van der Waals surface area contributed by atoms with Crippen LogP contribution < -0.4 is 20.1 Å². The van der Waals surface area contributed by atoms with E-state index in [0.29, 0.717) is 34.2 Å². The highest BCUT2D eigenvalue weighted by Gasteiger charge is 2.31. The average Bonchev–Trinajstić information content (AvgIpc) is 2.96. The van der Waals surface area contributed by atoms with E-state index in [9.17, 15) is 13.2 Å². The van der Waals surface area contributed by atoms with Crippen LogP contribution in [0.25, 0.3) is 28.1 Å². The number of nitrogens with one attached hydrogen (secondary N) is 1. The van der Waals surface area contributed by atoms with E-state index in [2.05, 4.69) is 15.0 Å². The summed E-state index contributed by atoms with van der Waals surface area (Å²) in [7, 11) is 1.56. The van der Waals surface area contributed by atoms with Crippen molar-refractivity contribution in [3.63, 3.8) is 0 Å². The Labute approximate surface area is 234 Å². The normalized spacial score (nSPS) is 14.9. The number of pyridine rings is 1. The van der Waals surface area contributed by atoms with Crippen LogP contribution in [-0.2, 0) is 0 Å². The van der Waals surface area contributed by atoms with E-state index in [-0.39, 0.29) is 11.8 Å². The molecule has 41 heavy (non-hydrogen) atoms. The molecule has 1 fully saturated rings. The van der Waals surface area contributed by atoms with E-state index >= 15 is 0 Å². The zero-order chi connectivity index (χ0) is 28.4. The molecule has 1 aromatic heterocycles. The maximum atomic E-state index is 13.1. The molecular weight excluding hydrogens is 531 g/mol. The Kier molecular flexibility index (Phi) is 7.21. The summed E-state index contributed by atoms with van der Waals surface area (Å²) in [6, 6.07) is 21.2. The first-order valence-electron chi connectivity index (χ1n) is 13.5. The van der Waals surface area contributed by atoms with E-state index in [4.69, 9.17) is 14.7 Å². The van der Waals surface area contributed by atoms with Gasteiger partial charge in [0.1, 0.15) is 11.4 Å². The highest BCUT2D eigenvalue weighted by Crippen LogP contribution is 2.33. The van der Waals surface area contributed by atoms with Gasteiger partial charge in [-0.1, -0.05) is 37.5 Å². The predicted molar refractivity (Wildman–Crippen MR) is 151 cm³/mol. The van der Waals surface area contributed by atoms with Gasteiger partial charge in [-0.25, -0.2) is 9.97 Å². The molecule has 7 nitrogen and oxygen atoms in total. The molecule has 1 aliphatic heterocycles. The highest BCUT2D eigenvalue weighted by atomic mass is 19.4. The van der Waals surface area contributed by atoms with E-state index in [1.807, 2.05) is 53.1 Å². The van der Waals surface area contributed by atoms with Crippen LogP contribution >= 0.6 is 0 Å². The van der Waals surface area contributed by atoms with Crippen molar-refractivity contribution in [3.8, 4) is 28.7 Å². The zero-order valence-electron chi connectivity index (χ0n) is 22.4. The number of rotatable bonds is 6. The molecule has 210 valence electrons. The third-order valence-corrected chi connectivity index (χ3v) is 7.14. The summed E-state index contributed by atoms with van der Waals surface area (Å²) < 4.78 is 50.8. The van der Waals surface area contributed by atoms with Gasteiger partial charge in [-0.2, -0.15) is 0 Å². The van der Waals surface area contributed by atoms with Crippen molar-refractivity contribution in [2.75, 3.05) is 12.4 Å². The molecule has 1 N–H and O–H groups in total. The first-order valence-corrected chi connectivity index (χ1v) is 13.5. The lowest BCUT2D eigenvalue weighted by Gasteiger charge is -2.22. The van der Waals surface area contributed by atoms with E-state index < -0.39 is 6.36 Å². The number of benzene rings is 3. The standard InChI is InChI=1S/C31H28F3N5O2/c1-40-30-24(14-8-16-35-30)38-25-18-27-29(19-26(25)36-20-9-3-2-4-10-20)39(28-15-6-5-13-23(28)37-27)21-11-7-12-22(17-21)41-31(32,33)34/h5-8,11-20,38H,2-4,9-10H2,1H3. The summed E-state index contributed by atoms with van der Waals surface area (Å²) in [5.41, 5.74) is 4.68. The average molecular weight is 560 g/mol. The summed E-state index contributed by atoms with van der Waals surface area (Å²) in [6.07, 6.45) is 2.31. The molecule has 3 aromatic rings. The quantitative estimate of drug-likeness (QED) is 0.219. The Bertz CT molecular complexity index is 1730. The number of methoxy groups -OCH3 is 1. The van der Waals surface area contributed by atoms with Crippen LogP contribution in [-0.4, -0.2) is 34.0 Å². The molecule has 0 amide bonds. The number of halogens is 3. The van der Waals surface area contributed by atoms with Crippen molar-refractivity contribution < 1.29 is 22.6 Å². The van der Waals surface area contributed by atoms with Crippen molar-refractivity contribution in [2.45, 2.75) is 44.5 Å². The molecule has 6 rings (SSSR count). The fourth-order valence-electron chi connectivity index (χ4n) is 5.35. The van der Waals surface area contributed by atoms with Gasteiger partial charge in [0.25, 0.3) is 0 Å². The van der Waals surface area contributed by atoms with Crippen molar-refractivity contribution in [2.24, 2.45) is 4.99 Å². The Balaban J connectivity index is 1.60. The topological polar surface area (TPSA) is 73.6 Å². The predicted octanol–water partition coefficient (Wildman–Crippen LogP) is 7.41. The minimum absolute atomic E-state index is 0.169. The van der Waals surface area contributed by atoms with Crippen molar-refractivity contribution in [3.05, 3.63) is 84.4 Å².